The number of rotatable bonds is 7. The molecule has 0 amide bonds. The van der Waals surface area contributed by atoms with Gasteiger partial charge in [0.1, 0.15) is 0 Å². The molecular weight excluding hydrogens is 789 g/mol. The van der Waals surface area contributed by atoms with Crippen LogP contribution >= 0.6 is 0 Å². The van der Waals surface area contributed by atoms with Gasteiger partial charge in [0.15, 0.2) is 0 Å². The van der Waals surface area contributed by atoms with E-state index < -0.39 is 104 Å². The van der Waals surface area contributed by atoms with Crippen LogP contribution in [-0.2, 0) is 43.0 Å². The van der Waals surface area contributed by atoms with Crippen LogP contribution < -0.4 is 0 Å². The summed E-state index contributed by atoms with van der Waals surface area (Å²) in [4.78, 5) is 82.3. The maximum Gasteiger partial charge on any atom is 0.318 e. The van der Waals surface area contributed by atoms with Crippen LogP contribution in [0, 0.1) is 115 Å². The van der Waals surface area contributed by atoms with Crippen molar-refractivity contribution in [3.05, 3.63) is 0 Å². The van der Waals surface area contributed by atoms with Crippen molar-refractivity contribution in [3.8, 4) is 0 Å². The van der Waals surface area contributed by atoms with Crippen molar-refractivity contribution in [2.75, 3.05) is 0 Å². The number of hydrogen-bond donors (Lipinski definition) is 2. The van der Waals surface area contributed by atoms with Crippen LogP contribution in [0.1, 0.15) is 154 Å². The largest absolute Gasteiger partial charge is 0.481 e. The Morgan fingerprint density at radius 1 is 0.613 bits per heavy atom. The first-order valence-corrected chi connectivity index (χ1v) is 24.4. The smallest absolute Gasteiger partial charge is 0.318 e. The highest BCUT2D eigenvalue weighted by Crippen LogP contribution is 2.74. The number of esters is 4. The lowest BCUT2D eigenvalue weighted by atomic mass is 9.36. The van der Waals surface area contributed by atoms with Gasteiger partial charge in [-0.2, -0.15) is 0 Å². The number of carbonyl (C=O) groups excluding carboxylic acids is 4. The number of carboxylic acid groups (broad SMARTS) is 2. The molecule has 11 nitrogen and oxygen atoms in total. The Balaban J connectivity index is 1.34. The van der Waals surface area contributed by atoms with Crippen LogP contribution in [-0.4, -0.2) is 58.2 Å². The van der Waals surface area contributed by atoms with E-state index in [9.17, 15) is 39.0 Å². The average Bonchev–Trinajstić information content (AvgIpc) is 3.62. The van der Waals surface area contributed by atoms with Gasteiger partial charge in [0, 0.05) is 5.41 Å². The van der Waals surface area contributed by atoms with Crippen molar-refractivity contribution in [2.45, 2.75) is 166 Å². The summed E-state index contributed by atoms with van der Waals surface area (Å²) >= 11 is 0. The summed E-state index contributed by atoms with van der Waals surface area (Å²) in [5.74, 6) is -7.62. The second kappa shape index (κ2) is 14.8. The molecule has 0 bridgehead atoms. The molecule has 20 unspecified atom stereocenters. The zero-order valence-electron chi connectivity index (χ0n) is 39.6. The van der Waals surface area contributed by atoms with Crippen molar-refractivity contribution in [2.24, 2.45) is 115 Å². The lowest BCUT2D eigenvalue weighted by Crippen LogP contribution is -2.71. The molecule has 2 saturated heterocycles. The van der Waals surface area contributed by atoms with Crippen LogP contribution in [0.5, 0.6) is 0 Å². The molecule has 20 atom stereocenters. The van der Waals surface area contributed by atoms with Gasteiger partial charge in [-0.3, -0.25) is 28.8 Å². The van der Waals surface area contributed by atoms with Crippen molar-refractivity contribution in [1.82, 2.24) is 0 Å². The second-order valence-corrected chi connectivity index (χ2v) is 24.4. The molecule has 8 fully saturated rings. The first-order valence-electron chi connectivity index (χ1n) is 24.4. The van der Waals surface area contributed by atoms with Crippen LogP contribution in [0.15, 0.2) is 0 Å². The van der Waals surface area contributed by atoms with Gasteiger partial charge >= 0.3 is 35.8 Å². The monoisotopic (exact) mass is 865 g/mol. The van der Waals surface area contributed by atoms with Crippen molar-refractivity contribution in [3.63, 3.8) is 0 Å². The van der Waals surface area contributed by atoms with Gasteiger partial charge in [-0.1, -0.05) is 82.1 Å². The number of aliphatic carboxylic acids is 2. The maximum atomic E-state index is 14.6. The number of carboxylic acids is 2. The first-order chi connectivity index (χ1) is 28.8. The number of ether oxygens (including phenoxy) is 3. The van der Waals surface area contributed by atoms with Crippen molar-refractivity contribution in [1.29, 1.82) is 0 Å². The highest BCUT2D eigenvalue weighted by Gasteiger charge is 2.75. The number of fused-ring (bicyclic) bond motifs is 6. The molecule has 6 saturated carbocycles. The van der Waals surface area contributed by atoms with Crippen molar-refractivity contribution >= 4 is 35.8 Å². The molecule has 346 valence electrons. The third-order valence-corrected chi connectivity index (χ3v) is 21.6. The predicted octanol–water partition coefficient (Wildman–Crippen LogP) is 9.23. The zero-order valence-corrected chi connectivity index (χ0v) is 39.6. The van der Waals surface area contributed by atoms with Crippen LogP contribution in [0.25, 0.3) is 0 Å². The highest BCUT2D eigenvalue weighted by molar-refractivity contribution is 5.98. The third kappa shape index (κ3) is 5.88. The average molecular weight is 865 g/mol. The van der Waals surface area contributed by atoms with Gasteiger partial charge in [0.25, 0.3) is 0 Å². The van der Waals surface area contributed by atoms with E-state index in [1.807, 2.05) is 13.8 Å². The quantitative estimate of drug-likeness (QED) is 0.185. The van der Waals surface area contributed by atoms with Gasteiger partial charge in [-0.25, -0.2) is 0 Å². The van der Waals surface area contributed by atoms with E-state index in [2.05, 4.69) is 62.3 Å². The number of hydrogen-bond acceptors (Lipinski definition) is 9. The lowest BCUT2D eigenvalue weighted by molar-refractivity contribution is -0.300. The number of cyclic esters (lactones) is 4. The predicted molar refractivity (Wildman–Crippen MR) is 228 cm³/mol. The van der Waals surface area contributed by atoms with Gasteiger partial charge in [0.05, 0.1) is 46.7 Å². The molecule has 6 aliphatic carbocycles. The summed E-state index contributed by atoms with van der Waals surface area (Å²) in [7, 11) is 0. The first kappa shape index (κ1) is 45.7. The fourth-order valence-electron chi connectivity index (χ4n) is 18.6. The Morgan fingerprint density at radius 3 is 1.66 bits per heavy atom. The minimum absolute atomic E-state index is 0.0141. The molecular formula is C51H76O11. The molecule has 1 spiro atoms. The Hall–Kier alpha value is -2.82. The molecule has 2 aliphatic heterocycles. The molecule has 8 rings (SSSR count). The summed E-state index contributed by atoms with van der Waals surface area (Å²) in [6, 6.07) is 0. The molecule has 0 aromatic carbocycles. The Morgan fingerprint density at radius 2 is 1.13 bits per heavy atom. The van der Waals surface area contributed by atoms with E-state index in [1.165, 1.54) is 0 Å². The molecule has 0 radical (unpaired) electrons. The van der Waals surface area contributed by atoms with Gasteiger partial charge in [-0.05, 0) is 147 Å². The standard InChI is InChI=1S/C51H76O11/c1-24(2)33-26(5)36-37(43(55)62-42(36)54)51(22-16-30-46(8,28(51)7)17-13-19-49(30,11)44(56)57)39(33)60-38-34(25(3)4)29(35-27(6)40(52)61-41(35)53)23-32-47(9)18-14-20-50(12,45(58)59)31(47)15-21-48(32,38)10/h24-39H,13-23H2,1-12H3,(H,56,57)(H,58,59). The topological polar surface area (TPSA) is 171 Å². The normalized spacial score (nSPS) is 52.5. The minimum Gasteiger partial charge on any atom is -0.481 e. The lowest BCUT2D eigenvalue weighted by Gasteiger charge is -2.70. The van der Waals surface area contributed by atoms with Crippen LogP contribution in [0.2, 0.25) is 0 Å². The van der Waals surface area contributed by atoms with Crippen LogP contribution in [0.3, 0.4) is 0 Å². The number of carbonyl (C=O) groups is 6. The fraction of sp³-hybridized carbons (Fsp3) is 0.882. The zero-order chi connectivity index (χ0) is 45.6. The highest BCUT2D eigenvalue weighted by atomic mass is 16.6. The summed E-state index contributed by atoms with van der Waals surface area (Å²) in [6.45, 7) is 25.6. The summed E-state index contributed by atoms with van der Waals surface area (Å²) in [5.41, 5.74) is -4.08. The molecule has 11 heteroatoms. The summed E-state index contributed by atoms with van der Waals surface area (Å²) in [6.07, 6.45) is 6.58. The summed E-state index contributed by atoms with van der Waals surface area (Å²) in [5, 5.41) is 21.7. The Bertz CT molecular complexity index is 1910. The molecule has 0 aromatic heterocycles. The molecule has 2 heterocycles. The minimum atomic E-state index is -0.938. The van der Waals surface area contributed by atoms with Crippen LogP contribution in [0.4, 0.5) is 0 Å². The summed E-state index contributed by atoms with van der Waals surface area (Å²) < 4.78 is 19.4. The maximum absolute atomic E-state index is 14.6. The van der Waals surface area contributed by atoms with E-state index >= 15 is 0 Å². The molecule has 0 aromatic rings. The molecule has 62 heavy (non-hydrogen) atoms. The van der Waals surface area contributed by atoms with E-state index in [4.69, 9.17) is 14.2 Å². The SMILES string of the molecule is CC(C)C1C(C2C(=O)OC(=O)C2C)CC2C(C)(CCC3C(C)(C(=O)O)CCCC32C)C1OC1C(C(C)C)C(C)C2C(=O)OC(=O)C2C12CCC1C(C)(C(=O)O)CCCC1(C)C2C. The van der Waals surface area contributed by atoms with Gasteiger partial charge in [0.2, 0.25) is 0 Å². The van der Waals surface area contributed by atoms with E-state index in [-0.39, 0.29) is 59.2 Å². The van der Waals surface area contributed by atoms with Crippen molar-refractivity contribution < 1.29 is 53.2 Å². The Kier molecular flexibility index (Phi) is 11.0. The molecule has 2 N–H and O–H groups in total. The second-order valence-electron chi connectivity index (χ2n) is 24.4. The molecule has 8 aliphatic rings. The Labute approximate surface area is 369 Å². The van der Waals surface area contributed by atoms with E-state index in [1.54, 1.807) is 6.92 Å². The van der Waals surface area contributed by atoms with E-state index in [0.29, 0.717) is 32.1 Å². The van der Waals surface area contributed by atoms with Gasteiger partial charge < -0.3 is 24.4 Å². The van der Waals surface area contributed by atoms with E-state index in [0.717, 1.165) is 38.5 Å². The fourth-order valence-corrected chi connectivity index (χ4v) is 18.6. The van der Waals surface area contributed by atoms with Gasteiger partial charge in [-0.15, -0.1) is 0 Å². The third-order valence-electron chi connectivity index (χ3n) is 21.6.